The molecule has 3 N–H and O–H groups in total. The van der Waals surface area contributed by atoms with E-state index in [9.17, 15) is 22.7 Å². The Hall–Kier alpha value is -2.32. The molecule has 0 fully saturated rings. The number of carboxylic acid groups (broad SMARTS) is 1. The smallest absolute Gasteiger partial charge is 0.337 e. The molecule has 6 nitrogen and oxygen atoms in total. The van der Waals surface area contributed by atoms with Crippen LogP contribution in [-0.4, -0.2) is 24.6 Å². The molecule has 0 aromatic heterocycles. The molecule has 0 spiro atoms. The van der Waals surface area contributed by atoms with Crippen LogP contribution >= 0.6 is 11.6 Å². The van der Waals surface area contributed by atoms with Crippen LogP contribution in [0.15, 0.2) is 41.3 Å². The van der Waals surface area contributed by atoms with Crippen molar-refractivity contribution in [3.8, 4) is 5.75 Å². The van der Waals surface area contributed by atoms with Gasteiger partial charge in [-0.3, -0.25) is 4.72 Å². The first-order valence-corrected chi connectivity index (χ1v) is 7.61. The highest BCUT2D eigenvalue weighted by Gasteiger charge is 2.21. The Labute approximate surface area is 129 Å². The highest BCUT2D eigenvalue weighted by molar-refractivity contribution is 7.92. The summed E-state index contributed by atoms with van der Waals surface area (Å²) in [6.07, 6.45) is 0. The van der Waals surface area contributed by atoms with E-state index in [0.717, 1.165) is 30.3 Å². The number of halogens is 2. The Kier molecular flexibility index (Phi) is 4.25. The summed E-state index contributed by atoms with van der Waals surface area (Å²) in [5, 5.41) is 18.1. The zero-order chi connectivity index (χ0) is 16.5. The summed E-state index contributed by atoms with van der Waals surface area (Å²) in [5.41, 5.74) is -0.879. The van der Waals surface area contributed by atoms with Crippen molar-refractivity contribution in [2.75, 3.05) is 4.72 Å². The van der Waals surface area contributed by atoms with E-state index in [-0.39, 0.29) is 15.5 Å². The van der Waals surface area contributed by atoms with E-state index >= 15 is 0 Å². The molecule has 116 valence electrons. The van der Waals surface area contributed by atoms with Crippen LogP contribution in [0.4, 0.5) is 10.1 Å². The van der Waals surface area contributed by atoms with Crippen LogP contribution in [0.5, 0.6) is 5.75 Å². The van der Waals surface area contributed by atoms with Crippen LogP contribution in [-0.2, 0) is 10.0 Å². The van der Waals surface area contributed by atoms with Crippen LogP contribution in [0.2, 0.25) is 5.02 Å². The lowest BCUT2D eigenvalue weighted by atomic mass is 10.2. The summed E-state index contributed by atoms with van der Waals surface area (Å²) in [4.78, 5) is 10.5. The second-order valence-electron chi connectivity index (χ2n) is 4.19. The number of rotatable bonds is 4. The standard InChI is InChI=1S/C13H9ClFNO5S/c14-9-6-7(4-5-8(9)13(18)19)22(20,21)16-12-10(15)2-1-3-11(12)17/h1-6,16-17H,(H,18,19). The SMILES string of the molecule is O=C(O)c1ccc(S(=O)(=O)Nc2c(O)cccc2F)cc1Cl. The molecule has 22 heavy (non-hydrogen) atoms. The van der Waals surface area contributed by atoms with Gasteiger partial charge in [-0.15, -0.1) is 0 Å². The fourth-order valence-electron chi connectivity index (χ4n) is 1.64. The maximum absolute atomic E-state index is 13.6. The van der Waals surface area contributed by atoms with Gasteiger partial charge in [-0.05, 0) is 30.3 Å². The summed E-state index contributed by atoms with van der Waals surface area (Å²) in [7, 11) is -4.25. The van der Waals surface area contributed by atoms with Gasteiger partial charge in [0, 0.05) is 0 Å². The number of sulfonamides is 1. The van der Waals surface area contributed by atoms with Crippen molar-refractivity contribution < 1.29 is 27.8 Å². The first kappa shape index (κ1) is 16.1. The predicted octanol–water partition coefficient (Wildman–Crippen LogP) is 2.68. The van der Waals surface area contributed by atoms with Gasteiger partial charge in [0.1, 0.15) is 11.4 Å². The fraction of sp³-hybridized carbons (Fsp3) is 0. The molecule has 2 aromatic rings. The van der Waals surface area contributed by atoms with Gasteiger partial charge in [0.15, 0.2) is 5.82 Å². The number of carbonyl (C=O) groups is 1. The second-order valence-corrected chi connectivity index (χ2v) is 6.28. The average Bonchev–Trinajstić information content (AvgIpc) is 2.42. The molecular formula is C13H9ClFNO5S. The molecule has 0 saturated carbocycles. The monoisotopic (exact) mass is 345 g/mol. The van der Waals surface area contributed by atoms with E-state index in [1.165, 1.54) is 6.07 Å². The largest absolute Gasteiger partial charge is 0.506 e. The third-order valence-electron chi connectivity index (χ3n) is 2.71. The van der Waals surface area contributed by atoms with Crippen LogP contribution in [0.3, 0.4) is 0 Å². The molecule has 2 rings (SSSR count). The van der Waals surface area contributed by atoms with Crippen molar-refractivity contribution >= 4 is 33.3 Å². The highest BCUT2D eigenvalue weighted by atomic mass is 35.5. The lowest BCUT2D eigenvalue weighted by molar-refractivity contribution is 0.0697. The fourth-order valence-corrected chi connectivity index (χ4v) is 3.08. The molecule has 0 unspecified atom stereocenters. The Balaban J connectivity index is 2.43. The molecular weight excluding hydrogens is 337 g/mol. The van der Waals surface area contributed by atoms with E-state index < -0.39 is 33.2 Å². The lowest BCUT2D eigenvalue weighted by Crippen LogP contribution is -2.14. The van der Waals surface area contributed by atoms with E-state index in [0.29, 0.717) is 0 Å². The van der Waals surface area contributed by atoms with Crippen molar-refractivity contribution in [1.82, 2.24) is 0 Å². The second kappa shape index (κ2) is 5.82. The van der Waals surface area contributed by atoms with Crippen LogP contribution in [0, 0.1) is 5.82 Å². The van der Waals surface area contributed by atoms with Gasteiger partial charge in [0.25, 0.3) is 10.0 Å². The number of carboxylic acids is 1. The summed E-state index contributed by atoms with van der Waals surface area (Å²) in [5.74, 6) is -2.86. The number of aromatic hydroxyl groups is 1. The minimum Gasteiger partial charge on any atom is -0.506 e. The van der Waals surface area contributed by atoms with E-state index in [1.54, 1.807) is 0 Å². The van der Waals surface area contributed by atoms with Gasteiger partial charge in [0.2, 0.25) is 0 Å². The third kappa shape index (κ3) is 3.12. The molecule has 0 heterocycles. The predicted molar refractivity (Wildman–Crippen MR) is 77.3 cm³/mol. The molecule has 0 aliphatic rings. The molecule has 0 radical (unpaired) electrons. The van der Waals surface area contributed by atoms with Gasteiger partial charge < -0.3 is 10.2 Å². The number of hydrogen-bond acceptors (Lipinski definition) is 4. The van der Waals surface area contributed by atoms with Crippen molar-refractivity contribution in [3.63, 3.8) is 0 Å². The van der Waals surface area contributed by atoms with Gasteiger partial charge in [-0.2, -0.15) is 0 Å². The number of aromatic carboxylic acids is 1. The normalized spacial score (nSPS) is 11.2. The lowest BCUT2D eigenvalue weighted by Gasteiger charge is -2.11. The summed E-state index contributed by atoms with van der Waals surface area (Å²) < 4.78 is 39.7. The third-order valence-corrected chi connectivity index (χ3v) is 4.37. The number of phenolic OH excluding ortho intramolecular Hbond substituents is 1. The molecule has 9 heteroatoms. The van der Waals surface area contributed by atoms with E-state index in [2.05, 4.69) is 0 Å². The van der Waals surface area contributed by atoms with Gasteiger partial charge in [-0.1, -0.05) is 17.7 Å². The maximum atomic E-state index is 13.6. The quantitative estimate of drug-likeness (QED) is 0.739. The van der Waals surface area contributed by atoms with Gasteiger partial charge in [-0.25, -0.2) is 17.6 Å². The summed E-state index contributed by atoms with van der Waals surface area (Å²) in [6.45, 7) is 0. The van der Waals surface area contributed by atoms with E-state index in [1.807, 2.05) is 4.72 Å². The summed E-state index contributed by atoms with van der Waals surface area (Å²) >= 11 is 5.70. The highest BCUT2D eigenvalue weighted by Crippen LogP contribution is 2.29. The van der Waals surface area contributed by atoms with Crippen molar-refractivity contribution in [2.45, 2.75) is 4.90 Å². The van der Waals surface area contributed by atoms with Crippen LogP contribution in [0.25, 0.3) is 0 Å². The molecule has 0 aliphatic heterocycles. The molecule has 0 saturated heterocycles. The van der Waals surface area contributed by atoms with Crippen molar-refractivity contribution in [2.24, 2.45) is 0 Å². The van der Waals surface area contributed by atoms with E-state index in [4.69, 9.17) is 16.7 Å². The Morgan fingerprint density at radius 3 is 2.45 bits per heavy atom. The average molecular weight is 346 g/mol. The topological polar surface area (TPSA) is 104 Å². The molecule has 0 atom stereocenters. The van der Waals surface area contributed by atoms with Crippen molar-refractivity contribution in [1.29, 1.82) is 0 Å². The first-order valence-electron chi connectivity index (χ1n) is 5.75. The van der Waals surface area contributed by atoms with Crippen LogP contribution in [0.1, 0.15) is 10.4 Å². The zero-order valence-corrected chi connectivity index (χ0v) is 12.3. The Bertz CT molecular complexity index is 833. The van der Waals surface area contributed by atoms with Crippen LogP contribution < -0.4 is 4.72 Å². The number of hydrogen-bond donors (Lipinski definition) is 3. The number of phenols is 1. The Morgan fingerprint density at radius 2 is 1.91 bits per heavy atom. The molecule has 2 aromatic carbocycles. The minimum absolute atomic E-state index is 0.269. The van der Waals surface area contributed by atoms with Gasteiger partial charge >= 0.3 is 5.97 Å². The van der Waals surface area contributed by atoms with Gasteiger partial charge in [0.05, 0.1) is 15.5 Å². The maximum Gasteiger partial charge on any atom is 0.337 e. The van der Waals surface area contributed by atoms with Crippen molar-refractivity contribution in [3.05, 3.63) is 52.8 Å². The summed E-state index contributed by atoms with van der Waals surface area (Å²) in [6, 6.07) is 6.24. The number of nitrogens with one attached hydrogen (secondary N) is 1. The number of anilines is 1. The zero-order valence-electron chi connectivity index (χ0n) is 10.7. The number of para-hydroxylation sites is 1. The Morgan fingerprint density at radius 1 is 1.23 bits per heavy atom. The minimum atomic E-state index is -4.25. The molecule has 0 amide bonds. The number of benzene rings is 2. The molecule has 0 bridgehead atoms. The first-order chi connectivity index (χ1) is 10.2. The molecule has 0 aliphatic carbocycles.